The van der Waals surface area contributed by atoms with Crippen LogP contribution in [0.25, 0.3) is 0 Å². The molecule has 0 aromatic carbocycles. The molecule has 0 bridgehead atoms. The molecular formula is C17H26N4O2. The van der Waals surface area contributed by atoms with E-state index in [-0.39, 0.29) is 11.9 Å². The molecule has 126 valence electrons. The number of rotatable bonds is 5. The van der Waals surface area contributed by atoms with Crippen molar-refractivity contribution in [3.05, 3.63) is 24.5 Å². The fourth-order valence-electron chi connectivity index (χ4n) is 2.72. The number of hydrogen-bond acceptors (Lipinski definition) is 3. The molecule has 2 rings (SSSR count). The number of nitrogens with zero attached hydrogens (tertiary/aromatic N) is 3. The lowest BCUT2D eigenvalue weighted by Gasteiger charge is -2.33. The van der Waals surface area contributed by atoms with Gasteiger partial charge < -0.3 is 15.1 Å². The fraction of sp³-hybridized carbons (Fsp3) is 0.588. The molecule has 2 heterocycles. The zero-order valence-corrected chi connectivity index (χ0v) is 14.2. The highest BCUT2D eigenvalue weighted by atomic mass is 16.2. The van der Waals surface area contributed by atoms with Crippen molar-refractivity contribution < 1.29 is 9.59 Å². The van der Waals surface area contributed by atoms with Gasteiger partial charge in [-0.25, -0.2) is 4.79 Å². The largest absolute Gasteiger partial charge is 0.328 e. The number of anilines is 1. The van der Waals surface area contributed by atoms with E-state index in [0.717, 1.165) is 18.5 Å². The molecule has 0 spiro atoms. The molecular weight excluding hydrogens is 292 g/mol. The van der Waals surface area contributed by atoms with E-state index in [2.05, 4.69) is 24.1 Å². The number of amides is 3. The van der Waals surface area contributed by atoms with Gasteiger partial charge in [0.25, 0.3) is 0 Å². The Kier molecular flexibility index (Phi) is 5.96. The van der Waals surface area contributed by atoms with Gasteiger partial charge >= 0.3 is 6.03 Å². The monoisotopic (exact) mass is 318 g/mol. The van der Waals surface area contributed by atoms with Crippen molar-refractivity contribution in [2.24, 2.45) is 5.92 Å². The minimum absolute atomic E-state index is 0.0606. The van der Waals surface area contributed by atoms with E-state index in [4.69, 9.17) is 0 Å². The molecule has 6 heteroatoms. The quantitative estimate of drug-likeness (QED) is 0.905. The Hall–Kier alpha value is -2.11. The fourth-order valence-corrected chi connectivity index (χ4v) is 2.72. The highest BCUT2D eigenvalue weighted by Crippen LogP contribution is 2.20. The summed E-state index contributed by atoms with van der Waals surface area (Å²) in [7, 11) is 1.77. The van der Waals surface area contributed by atoms with Crippen LogP contribution in [-0.4, -0.2) is 48.0 Å². The average molecular weight is 318 g/mol. The second-order valence-electron chi connectivity index (χ2n) is 6.24. The van der Waals surface area contributed by atoms with Gasteiger partial charge in [-0.15, -0.1) is 0 Å². The summed E-state index contributed by atoms with van der Waals surface area (Å²) in [4.78, 5) is 32.3. The van der Waals surface area contributed by atoms with Crippen molar-refractivity contribution in [3.63, 3.8) is 0 Å². The van der Waals surface area contributed by atoms with E-state index in [1.54, 1.807) is 29.2 Å². The van der Waals surface area contributed by atoms with Crippen LogP contribution in [-0.2, 0) is 4.79 Å². The molecule has 0 aliphatic carbocycles. The van der Waals surface area contributed by atoms with Gasteiger partial charge in [0.15, 0.2) is 0 Å². The Bertz CT molecular complexity index is 535. The van der Waals surface area contributed by atoms with Gasteiger partial charge in [0.1, 0.15) is 6.04 Å². The Morgan fingerprint density at radius 3 is 3.00 bits per heavy atom. The molecule has 6 nitrogen and oxygen atoms in total. The predicted molar refractivity (Wildman–Crippen MR) is 90.2 cm³/mol. The second-order valence-corrected chi connectivity index (χ2v) is 6.24. The topological polar surface area (TPSA) is 65.5 Å². The Balaban J connectivity index is 1.97. The van der Waals surface area contributed by atoms with Crippen LogP contribution in [0.1, 0.15) is 33.1 Å². The van der Waals surface area contributed by atoms with Gasteiger partial charge in [-0.05, 0) is 30.9 Å². The molecule has 2 atom stereocenters. The summed E-state index contributed by atoms with van der Waals surface area (Å²) in [5.74, 6) is 0.384. The highest BCUT2D eigenvalue weighted by Gasteiger charge is 2.31. The molecule has 1 N–H and O–H groups in total. The van der Waals surface area contributed by atoms with Crippen molar-refractivity contribution in [2.75, 3.05) is 25.0 Å². The number of carbonyl (C=O) groups excluding carboxylic acids is 2. The van der Waals surface area contributed by atoms with E-state index in [1.165, 1.54) is 0 Å². The van der Waals surface area contributed by atoms with Crippen molar-refractivity contribution in [1.29, 1.82) is 0 Å². The van der Waals surface area contributed by atoms with E-state index in [1.807, 2.05) is 12.1 Å². The van der Waals surface area contributed by atoms with Crippen LogP contribution in [0.5, 0.6) is 0 Å². The van der Waals surface area contributed by atoms with Crippen molar-refractivity contribution >= 4 is 17.6 Å². The average Bonchev–Trinajstić information content (AvgIpc) is 2.57. The molecule has 1 fully saturated rings. The summed E-state index contributed by atoms with van der Waals surface area (Å²) in [5.41, 5.74) is 0.782. The minimum Gasteiger partial charge on any atom is -0.328 e. The minimum atomic E-state index is -0.462. The van der Waals surface area contributed by atoms with Crippen LogP contribution in [0.2, 0.25) is 0 Å². The SMILES string of the molecule is CC[C@@H](C)CN(C)C(=O)N[C@@H]1CCCN(c2cccnc2)C1=O. The summed E-state index contributed by atoms with van der Waals surface area (Å²) < 4.78 is 0. The molecule has 3 amide bonds. The van der Waals surface area contributed by atoms with Crippen molar-refractivity contribution in [2.45, 2.75) is 39.2 Å². The van der Waals surface area contributed by atoms with Crippen LogP contribution >= 0.6 is 0 Å². The number of nitrogens with one attached hydrogen (secondary N) is 1. The van der Waals surface area contributed by atoms with Gasteiger partial charge in [-0.2, -0.15) is 0 Å². The lowest BCUT2D eigenvalue weighted by Crippen LogP contribution is -2.55. The van der Waals surface area contributed by atoms with Crippen molar-refractivity contribution in [3.8, 4) is 0 Å². The van der Waals surface area contributed by atoms with Crippen LogP contribution in [0.15, 0.2) is 24.5 Å². The Labute approximate surface area is 137 Å². The van der Waals surface area contributed by atoms with E-state index < -0.39 is 6.04 Å². The Morgan fingerprint density at radius 2 is 2.35 bits per heavy atom. The van der Waals surface area contributed by atoms with Crippen LogP contribution in [0.4, 0.5) is 10.5 Å². The summed E-state index contributed by atoms with van der Waals surface area (Å²) in [6.45, 7) is 5.57. The molecule has 1 saturated heterocycles. The molecule has 1 aliphatic rings. The number of urea groups is 1. The number of hydrogen-bond donors (Lipinski definition) is 1. The molecule has 0 unspecified atom stereocenters. The second kappa shape index (κ2) is 7.94. The first-order valence-corrected chi connectivity index (χ1v) is 8.26. The van der Waals surface area contributed by atoms with E-state index >= 15 is 0 Å². The zero-order valence-electron chi connectivity index (χ0n) is 14.2. The van der Waals surface area contributed by atoms with Gasteiger partial charge in [0, 0.05) is 26.3 Å². The normalized spacial score (nSPS) is 19.3. The van der Waals surface area contributed by atoms with E-state index in [0.29, 0.717) is 25.4 Å². The summed E-state index contributed by atoms with van der Waals surface area (Å²) in [5, 5.41) is 2.87. The van der Waals surface area contributed by atoms with Gasteiger partial charge in [0.2, 0.25) is 5.91 Å². The van der Waals surface area contributed by atoms with E-state index in [9.17, 15) is 9.59 Å². The van der Waals surface area contributed by atoms with Crippen LogP contribution in [0.3, 0.4) is 0 Å². The summed E-state index contributed by atoms with van der Waals surface area (Å²) in [6.07, 6.45) is 5.92. The standard InChI is InChI=1S/C17H26N4O2/c1-4-13(2)12-20(3)17(23)19-15-8-6-10-21(16(15)22)14-7-5-9-18-11-14/h5,7,9,11,13,15H,4,6,8,10,12H2,1-3H3,(H,19,23)/t13-,15-/m1/s1. The summed E-state index contributed by atoms with van der Waals surface area (Å²) >= 11 is 0. The number of piperidine rings is 1. The third kappa shape index (κ3) is 4.43. The molecule has 0 saturated carbocycles. The van der Waals surface area contributed by atoms with Gasteiger partial charge in [0.05, 0.1) is 11.9 Å². The first-order chi connectivity index (χ1) is 11.0. The zero-order chi connectivity index (χ0) is 16.8. The maximum atomic E-state index is 12.6. The van der Waals surface area contributed by atoms with Crippen molar-refractivity contribution in [1.82, 2.24) is 15.2 Å². The van der Waals surface area contributed by atoms with Gasteiger partial charge in [-0.3, -0.25) is 9.78 Å². The van der Waals surface area contributed by atoms with Crippen LogP contribution < -0.4 is 10.2 Å². The molecule has 1 aliphatic heterocycles. The molecule has 0 radical (unpaired) electrons. The first-order valence-electron chi connectivity index (χ1n) is 8.26. The smallest absolute Gasteiger partial charge is 0.317 e. The maximum Gasteiger partial charge on any atom is 0.317 e. The third-order valence-electron chi connectivity index (χ3n) is 4.32. The Morgan fingerprint density at radius 1 is 1.57 bits per heavy atom. The summed E-state index contributed by atoms with van der Waals surface area (Å²) in [6, 6.07) is 3.03. The maximum absolute atomic E-state index is 12.6. The van der Waals surface area contributed by atoms with Crippen LogP contribution in [0, 0.1) is 5.92 Å². The number of aromatic nitrogens is 1. The third-order valence-corrected chi connectivity index (χ3v) is 4.32. The first kappa shape index (κ1) is 17.2. The highest BCUT2D eigenvalue weighted by molar-refractivity contribution is 5.99. The molecule has 1 aromatic heterocycles. The number of carbonyl (C=O) groups is 2. The lowest BCUT2D eigenvalue weighted by molar-refractivity contribution is -0.121. The number of pyridine rings is 1. The lowest BCUT2D eigenvalue weighted by atomic mass is 10.0. The predicted octanol–water partition coefficient (Wildman–Crippen LogP) is 2.26. The molecule has 1 aromatic rings. The van der Waals surface area contributed by atoms with Gasteiger partial charge in [-0.1, -0.05) is 20.3 Å². The molecule has 23 heavy (non-hydrogen) atoms.